The second-order valence-electron chi connectivity index (χ2n) is 8.70. The minimum Gasteiger partial charge on any atom is -0.378 e. The Hall–Kier alpha value is -2.40. The number of aromatic nitrogens is 4. The third kappa shape index (κ3) is 4.54. The summed E-state index contributed by atoms with van der Waals surface area (Å²) in [5.74, 6) is 1.86. The van der Waals surface area contributed by atoms with Crippen LogP contribution in [0.2, 0.25) is 0 Å². The molecule has 9 nitrogen and oxygen atoms in total. The zero-order valence-corrected chi connectivity index (χ0v) is 19.5. The van der Waals surface area contributed by atoms with Gasteiger partial charge in [-0.05, 0) is 33.0 Å². The van der Waals surface area contributed by atoms with E-state index in [9.17, 15) is 0 Å². The summed E-state index contributed by atoms with van der Waals surface area (Å²) in [7, 11) is 4.36. The Kier molecular flexibility index (Phi) is 6.18. The molecule has 0 saturated carbocycles. The normalized spacial score (nSPS) is 18.7. The largest absolute Gasteiger partial charge is 0.378 e. The van der Waals surface area contributed by atoms with E-state index < -0.39 is 0 Å². The molecule has 10 heteroatoms. The highest BCUT2D eigenvalue weighted by molar-refractivity contribution is 7.19. The molecule has 2 fully saturated rings. The van der Waals surface area contributed by atoms with Crippen LogP contribution in [0.5, 0.6) is 0 Å². The smallest absolute Gasteiger partial charge is 0.219 e. The van der Waals surface area contributed by atoms with Gasteiger partial charge in [0.05, 0.1) is 29.0 Å². The van der Waals surface area contributed by atoms with E-state index in [1.165, 1.54) is 17.7 Å². The number of hydrogen-bond acceptors (Lipinski definition) is 10. The molecule has 5 heterocycles. The van der Waals surface area contributed by atoms with Gasteiger partial charge in [-0.2, -0.15) is 0 Å². The van der Waals surface area contributed by atoms with E-state index in [1.54, 1.807) is 12.4 Å². The average molecular weight is 455 g/mol. The third-order valence-corrected chi connectivity index (χ3v) is 7.42. The van der Waals surface area contributed by atoms with E-state index in [4.69, 9.17) is 20.4 Å². The standard InChI is InChI=1S/C22H30N8OS/c1-28(2)16-3-5-29(6-4-16)14-17-11-18-19(32-17)21(30-7-9-31-10-8-30)27-20(26-18)15-12-24-22(23)25-13-15/h11-13,16H,3-10,14H2,1-2H3,(H2,23,24,25). The van der Waals surface area contributed by atoms with Gasteiger partial charge in [-0.3, -0.25) is 4.90 Å². The summed E-state index contributed by atoms with van der Waals surface area (Å²) >= 11 is 1.81. The van der Waals surface area contributed by atoms with E-state index >= 15 is 0 Å². The number of thiophene rings is 1. The lowest BCUT2D eigenvalue weighted by molar-refractivity contribution is 0.122. The second-order valence-corrected chi connectivity index (χ2v) is 9.83. The zero-order chi connectivity index (χ0) is 22.1. The van der Waals surface area contributed by atoms with Gasteiger partial charge in [-0.25, -0.2) is 19.9 Å². The van der Waals surface area contributed by atoms with E-state index in [0.717, 1.165) is 54.3 Å². The highest BCUT2D eigenvalue weighted by atomic mass is 32.1. The lowest BCUT2D eigenvalue weighted by Gasteiger charge is -2.34. The van der Waals surface area contributed by atoms with Crippen LogP contribution in [0.15, 0.2) is 18.5 Å². The molecule has 2 N–H and O–H groups in total. The summed E-state index contributed by atoms with van der Waals surface area (Å²) in [6.45, 7) is 6.31. The maximum absolute atomic E-state index is 5.67. The number of rotatable bonds is 5. The minimum atomic E-state index is 0.249. The molecule has 5 rings (SSSR count). The van der Waals surface area contributed by atoms with Gasteiger partial charge in [0.1, 0.15) is 0 Å². The number of piperidine rings is 1. The van der Waals surface area contributed by atoms with Gasteiger partial charge in [-0.15, -0.1) is 11.3 Å². The van der Waals surface area contributed by atoms with Crippen LogP contribution in [-0.2, 0) is 11.3 Å². The van der Waals surface area contributed by atoms with Crippen LogP contribution in [0.4, 0.5) is 11.8 Å². The van der Waals surface area contributed by atoms with Crippen molar-refractivity contribution in [2.75, 3.05) is 64.1 Å². The van der Waals surface area contributed by atoms with Crippen LogP contribution < -0.4 is 10.6 Å². The summed E-state index contributed by atoms with van der Waals surface area (Å²) < 4.78 is 6.71. The quantitative estimate of drug-likeness (QED) is 0.621. The lowest BCUT2D eigenvalue weighted by atomic mass is 10.0. The molecular formula is C22H30N8OS. The lowest BCUT2D eigenvalue weighted by Crippen LogP contribution is -2.41. The Bertz CT molecular complexity index is 1060. The molecule has 0 amide bonds. The summed E-state index contributed by atoms with van der Waals surface area (Å²) in [4.78, 5) is 26.6. The number of morpholine rings is 1. The first kappa shape index (κ1) is 21.4. The van der Waals surface area contributed by atoms with Crippen molar-refractivity contribution in [3.8, 4) is 11.4 Å². The van der Waals surface area contributed by atoms with Gasteiger partial charge in [0.15, 0.2) is 11.6 Å². The maximum Gasteiger partial charge on any atom is 0.219 e. The van der Waals surface area contributed by atoms with Crippen molar-refractivity contribution in [1.82, 2.24) is 29.7 Å². The first-order chi connectivity index (χ1) is 15.6. The molecule has 2 saturated heterocycles. The fraction of sp³-hybridized carbons (Fsp3) is 0.545. The molecule has 32 heavy (non-hydrogen) atoms. The van der Waals surface area contributed by atoms with E-state index in [1.807, 2.05) is 11.3 Å². The second kappa shape index (κ2) is 9.22. The summed E-state index contributed by atoms with van der Waals surface area (Å²) in [6, 6.07) is 2.92. The van der Waals surface area contributed by atoms with Crippen molar-refractivity contribution in [3.63, 3.8) is 0 Å². The van der Waals surface area contributed by atoms with Gasteiger partial charge < -0.3 is 20.3 Å². The average Bonchev–Trinajstić information content (AvgIpc) is 3.22. The maximum atomic E-state index is 5.67. The van der Waals surface area contributed by atoms with Crippen molar-refractivity contribution in [3.05, 3.63) is 23.3 Å². The van der Waals surface area contributed by atoms with E-state index in [0.29, 0.717) is 25.1 Å². The van der Waals surface area contributed by atoms with Crippen molar-refractivity contribution in [2.45, 2.75) is 25.4 Å². The molecule has 0 atom stereocenters. The van der Waals surface area contributed by atoms with E-state index in [2.05, 4.69) is 44.8 Å². The Morgan fingerprint density at radius 2 is 1.81 bits per heavy atom. The topological polar surface area (TPSA) is 96.5 Å². The molecule has 170 valence electrons. The van der Waals surface area contributed by atoms with Crippen molar-refractivity contribution < 1.29 is 4.74 Å². The molecule has 2 aliphatic heterocycles. The number of nitrogen functional groups attached to an aromatic ring is 1. The number of likely N-dealkylation sites (tertiary alicyclic amines) is 1. The summed E-state index contributed by atoms with van der Waals surface area (Å²) in [6.07, 6.45) is 5.82. The number of fused-ring (bicyclic) bond motifs is 1. The number of anilines is 2. The summed E-state index contributed by atoms with van der Waals surface area (Å²) in [5, 5.41) is 0. The molecule has 0 aliphatic carbocycles. The summed E-state index contributed by atoms with van der Waals surface area (Å²) in [5.41, 5.74) is 7.42. The number of hydrogen-bond donors (Lipinski definition) is 1. The minimum absolute atomic E-state index is 0.249. The predicted octanol–water partition coefficient (Wildman–Crippen LogP) is 2.09. The Morgan fingerprint density at radius 1 is 1.09 bits per heavy atom. The van der Waals surface area contributed by atoms with Crippen LogP contribution in [-0.4, -0.2) is 89.3 Å². The molecule has 3 aromatic heterocycles. The molecule has 0 spiro atoms. The van der Waals surface area contributed by atoms with Gasteiger partial charge in [0.2, 0.25) is 5.95 Å². The number of nitrogens with two attached hydrogens (primary N) is 1. The molecule has 0 aromatic carbocycles. The number of ether oxygens (including phenoxy) is 1. The molecule has 3 aromatic rings. The van der Waals surface area contributed by atoms with Gasteiger partial charge in [0.25, 0.3) is 0 Å². The first-order valence-electron chi connectivity index (χ1n) is 11.2. The Balaban J connectivity index is 1.45. The van der Waals surface area contributed by atoms with Crippen LogP contribution >= 0.6 is 11.3 Å². The Labute approximate surface area is 192 Å². The fourth-order valence-electron chi connectivity index (χ4n) is 4.43. The molecule has 0 unspecified atom stereocenters. The van der Waals surface area contributed by atoms with Gasteiger partial charge in [0, 0.05) is 56.0 Å². The third-order valence-electron chi connectivity index (χ3n) is 6.31. The Morgan fingerprint density at radius 3 is 2.50 bits per heavy atom. The highest BCUT2D eigenvalue weighted by Gasteiger charge is 2.23. The van der Waals surface area contributed by atoms with Crippen molar-refractivity contribution in [2.24, 2.45) is 0 Å². The van der Waals surface area contributed by atoms with Crippen molar-refractivity contribution in [1.29, 1.82) is 0 Å². The number of nitrogens with zero attached hydrogens (tertiary/aromatic N) is 7. The SMILES string of the molecule is CN(C)C1CCN(Cc2cc3nc(-c4cnc(N)nc4)nc(N4CCOCC4)c3s2)CC1. The first-order valence-corrected chi connectivity index (χ1v) is 12.0. The monoisotopic (exact) mass is 454 g/mol. The van der Waals surface area contributed by atoms with Crippen LogP contribution in [0.25, 0.3) is 21.6 Å². The fourth-order valence-corrected chi connectivity index (χ4v) is 5.58. The molecule has 0 bridgehead atoms. The molecule has 0 radical (unpaired) electrons. The molecule has 2 aliphatic rings. The van der Waals surface area contributed by atoms with Crippen molar-refractivity contribution >= 4 is 33.3 Å². The predicted molar refractivity (Wildman–Crippen MR) is 128 cm³/mol. The van der Waals surface area contributed by atoms with Gasteiger partial charge >= 0.3 is 0 Å². The van der Waals surface area contributed by atoms with Crippen LogP contribution in [0.1, 0.15) is 17.7 Å². The zero-order valence-electron chi connectivity index (χ0n) is 18.7. The van der Waals surface area contributed by atoms with Gasteiger partial charge in [-0.1, -0.05) is 0 Å². The molecular weight excluding hydrogens is 424 g/mol. The van der Waals surface area contributed by atoms with Crippen LogP contribution in [0.3, 0.4) is 0 Å². The van der Waals surface area contributed by atoms with E-state index in [-0.39, 0.29) is 5.95 Å². The highest BCUT2D eigenvalue weighted by Crippen LogP contribution is 2.35. The van der Waals surface area contributed by atoms with Crippen LogP contribution in [0, 0.1) is 0 Å².